The fourth-order valence-electron chi connectivity index (χ4n) is 6.70. The van der Waals surface area contributed by atoms with E-state index >= 15 is 0 Å². The highest BCUT2D eigenvalue weighted by molar-refractivity contribution is 5.84. The predicted octanol–water partition coefficient (Wildman–Crippen LogP) is 2.18. The number of likely N-dealkylation sites (tertiary alicyclic amines) is 1. The second-order valence-corrected chi connectivity index (χ2v) is 9.91. The van der Waals surface area contributed by atoms with Crippen molar-refractivity contribution in [2.45, 2.75) is 101 Å². The van der Waals surface area contributed by atoms with Crippen molar-refractivity contribution in [3.63, 3.8) is 0 Å². The normalized spacial score (nSPS) is 40.7. The SMILES string of the molecule is N#CC1CC2CC2N1C(=O)C(N)C1CC2CCC(C1)N2C(=O)C1CCCCC1. The minimum absolute atomic E-state index is 0.0204. The van der Waals surface area contributed by atoms with Crippen LogP contribution in [0.25, 0.3) is 0 Å². The first-order chi connectivity index (χ1) is 13.6. The molecule has 6 atom stereocenters. The summed E-state index contributed by atoms with van der Waals surface area (Å²) in [5.41, 5.74) is 6.48. The number of carbonyl (C=O) groups excluding carboxylic acids is 2. The molecule has 6 unspecified atom stereocenters. The van der Waals surface area contributed by atoms with Gasteiger partial charge in [-0.05, 0) is 63.2 Å². The van der Waals surface area contributed by atoms with Crippen LogP contribution in [0.5, 0.6) is 0 Å². The van der Waals surface area contributed by atoms with Gasteiger partial charge in [0.05, 0.1) is 12.1 Å². The summed E-state index contributed by atoms with van der Waals surface area (Å²) < 4.78 is 0. The zero-order chi connectivity index (χ0) is 19.4. The molecule has 28 heavy (non-hydrogen) atoms. The summed E-state index contributed by atoms with van der Waals surface area (Å²) in [6.45, 7) is 0. The van der Waals surface area contributed by atoms with Crippen molar-refractivity contribution in [1.82, 2.24) is 9.80 Å². The molecule has 5 aliphatic rings. The Labute approximate surface area is 167 Å². The number of fused-ring (bicyclic) bond motifs is 3. The van der Waals surface area contributed by atoms with Crippen LogP contribution < -0.4 is 5.73 Å². The van der Waals surface area contributed by atoms with Gasteiger partial charge in [-0.1, -0.05) is 19.3 Å². The van der Waals surface area contributed by atoms with E-state index in [9.17, 15) is 14.9 Å². The van der Waals surface area contributed by atoms with Gasteiger partial charge < -0.3 is 15.5 Å². The fourth-order valence-corrected chi connectivity index (χ4v) is 6.70. The first-order valence-corrected chi connectivity index (χ1v) is 11.4. The Hall–Kier alpha value is -1.61. The van der Waals surface area contributed by atoms with Crippen LogP contribution in [0, 0.1) is 29.1 Å². The average molecular weight is 385 g/mol. The van der Waals surface area contributed by atoms with Crippen molar-refractivity contribution in [3.8, 4) is 6.07 Å². The van der Waals surface area contributed by atoms with Crippen molar-refractivity contribution in [2.75, 3.05) is 0 Å². The van der Waals surface area contributed by atoms with Crippen LogP contribution in [0.4, 0.5) is 0 Å². The van der Waals surface area contributed by atoms with Gasteiger partial charge in [0.2, 0.25) is 11.8 Å². The number of carbonyl (C=O) groups is 2. The molecule has 0 radical (unpaired) electrons. The lowest BCUT2D eigenvalue weighted by atomic mass is 9.82. The highest BCUT2D eigenvalue weighted by atomic mass is 16.2. The standard InChI is InChI=1S/C22H32N4O2/c23-12-18-8-14-11-19(14)26(18)22(28)20(24)15-9-16-6-7-17(10-15)25(16)21(27)13-4-2-1-3-5-13/h13-20H,1-11,24H2. The molecule has 0 aromatic heterocycles. The Bertz CT molecular complexity index is 683. The number of nitrogens with zero attached hydrogens (tertiary/aromatic N) is 3. The number of hydrogen-bond acceptors (Lipinski definition) is 4. The lowest BCUT2D eigenvalue weighted by Crippen LogP contribution is -2.56. The minimum atomic E-state index is -0.523. The van der Waals surface area contributed by atoms with E-state index in [1.807, 2.05) is 0 Å². The van der Waals surface area contributed by atoms with Crippen molar-refractivity contribution >= 4 is 11.8 Å². The summed E-state index contributed by atoms with van der Waals surface area (Å²) in [5, 5.41) is 9.40. The lowest BCUT2D eigenvalue weighted by Gasteiger charge is -2.43. The van der Waals surface area contributed by atoms with Crippen molar-refractivity contribution in [2.24, 2.45) is 23.5 Å². The molecule has 6 nitrogen and oxygen atoms in total. The van der Waals surface area contributed by atoms with E-state index in [-0.39, 0.29) is 41.9 Å². The molecule has 3 saturated heterocycles. The number of piperidine rings is 2. The molecule has 0 spiro atoms. The summed E-state index contributed by atoms with van der Waals surface area (Å²) in [5.74, 6) is 1.23. The molecule has 2 saturated carbocycles. The maximum Gasteiger partial charge on any atom is 0.241 e. The van der Waals surface area contributed by atoms with Crippen LogP contribution in [0.2, 0.25) is 0 Å². The first-order valence-electron chi connectivity index (χ1n) is 11.4. The van der Waals surface area contributed by atoms with Crippen LogP contribution in [-0.4, -0.2) is 51.8 Å². The topological polar surface area (TPSA) is 90.4 Å². The minimum Gasteiger partial charge on any atom is -0.336 e. The second kappa shape index (κ2) is 7.02. The van der Waals surface area contributed by atoms with Gasteiger partial charge in [-0.25, -0.2) is 0 Å². The quantitative estimate of drug-likeness (QED) is 0.807. The number of nitriles is 1. The maximum absolute atomic E-state index is 13.1. The Morgan fingerprint density at radius 3 is 2.25 bits per heavy atom. The molecule has 152 valence electrons. The third-order valence-electron chi connectivity index (χ3n) is 8.28. The summed E-state index contributed by atoms with van der Waals surface area (Å²) in [7, 11) is 0. The third kappa shape index (κ3) is 2.94. The summed E-state index contributed by atoms with van der Waals surface area (Å²) in [6, 6.07) is 2.27. The molecule has 0 aromatic rings. The van der Waals surface area contributed by atoms with Crippen molar-refractivity contribution in [3.05, 3.63) is 0 Å². The van der Waals surface area contributed by atoms with Gasteiger partial charge in [0.25, 0.3) is 0 Å². The Kier molecular flexibility index (Phi) is 4.62. The van der Waals surface area contributed by atoms with E-state index in [2.05, 4.69) is 11.0 Å². The van der Waals surface area contributed by atoms with Gasteiger partial charge in [0, 0.05) is 24.0 Å². The van der Waals surface area contributed by atoms with E-state index in [1.54, 1.807) is 4.90 Å². The van der Waals surface area contributed by atoms with Crippen molar-refractivity contribution in [1.29, 1.82) is 5.26 Å². The third-order valence-corrected chi connectivity index (χ3v) is 8.28. The van der Waals surface area contributed by atoms with Gasteiger partial charge in [-0.3, -0.25) is 9.59 Å². The smallest absolute Gasteiger partial charge is 0.241 e. The fraction of sp³-hybridized carbons (Fsp3) is 0.864. The average Bonchev–Trinajstić information content (AvgIpc) is 3.32. The molecule has 3 aliphatic heterocycles. The lowest BCUT2D eigenvalue weighted by molar-refractivity contribution is -0.143. The Balaban J connectivity index is 1.25. The highest BCUT2D eigenvalue weighted by Gasteiger charge is 2.56. The van der Waals surface area contributed by atoms with Gasteiger partial charge >= 0.3 is 0 Å². The van der Waals surface area contributed by atoms with Crippen LogP contribution in [-0.2, 0) is 9.59 Å². The molecule has 2 N–H and O–H groups in total. The number of rotatable bonds is 3. The second-order valence-electron chi connectivity index (χ2n) is 9.91. The van der Waals surface area contributed by atoms with Gasteiger partial charge in [0.15, 0.2) is 0 Å². The van der Waals surface area contributed by atoms with Crippen LogP contribution in [0.15, 0.2) is 0 Å². The molecular weight excluding hydrogens is 352 g/mol. The van der Waals surface area contributed by atoms with E-state index in [0.29, 0.717) is 11.8 Å². The van der Waals surface area contributed by atoms with Crippen LogP contribution in [0.3, 0.4) is 0 Å². The van der Waals surface area contributed by atoms with E-state index in [0.717, 1.165) is 51.4 Å². The van der Waals surface area contributed by atoms with Crippen molar-refractivity contribution < 1.29 is 9.59 Å². The van der Waals surface area contributed by atoms with E-state index in [4.69, 9.17) is 5.73 Å². The zero-order valence-corrected chi connectivity index (χ0v) is 16.6. The number of hydrogen-bond donors (Lipinski definition) is 1. The molecular formula is C22H32N4O2. The maximum atomic E-state index is 13.1. The first kappa shape index (κ1) is 18.4. The van der Waals surface area contributed by atoms with E-state index in [1.165, 1.54) is 19.3 Å². The van der Waals surface area contributed by atoms with Crippen LogP contribution in [0.1, 0.15) is 70.6 Å². The zero-order valence-electron chi connectivity index (χ0n) is 16.6. The molecule has 2 bridgehead atoms. The van der Waals surface area contributed by atoms with Gasteiger partial charge in [-0.15, -0.1) is 0 Å². The number of amides is 2. The monoisotopic (exact) mass is 384 g/mol. The van der Waals surface area contributed by atoms with Crippen LogP contribution >= 0.6 is 0 Å². The predicted molar refractivity (Wildman–Crippen MR) is 104 cm³/mol. The molecule has 5 rings (SSSR count). The summed E-state index contributed by atoms with van der Waals surface area (Å²) >= 11 is 0. The highest BCUT2D eigenvalue weighted by Crippen LogP contribution is 2.48. The molecule has 5 fully saturated rings. The van der Waals surface area contributed by atoms with Gasteiger partial charge in [-0.2, -0.15) is 5.26 Å². The molecule has 3 heterocycles. The molecule has 2 amide bonds. The van der Waals surface area contributed by atoms with Gasteiger partial charge in [0.1, 0.15) is 6.04 Å². The summed E-state index contributed by atoms with van der Waals surface area (Å²) in [6.07, 6.45) is 11.4. The van der Waals surface area contributed by atoms with E-state index < -0.39 is 6.04 Å². The molecule has 0 aromatic carbocycles. The molecule has 6 heteroatoms. The Morgan fingerprint density at radius 2 is 1.61 bits per heavy atom. The summed E-state index contributed by atoms with van der Waals surface area (Å²) in [4.78, 5) is 30.3. The Morgan fingerprint density at radius 1 is 0.929 bits per heavy atom. The molecule has 2 aliphatic carbocycles. The number of nitrogens with two attached hydrogens (primary N) is 1. The largest absolute Gasteiger partial charge is 0.336 e.